The number of carbonyl (C=O) groups is 1. The number of hydrogen-bond acceptors (Lipinski definition) is 6. The van der Waals surface area contributed by atoms with Crippen molar-refractivity contribution in [3.63, 3.8) is 0 Å². The molecule has 7 nitrogen and oxygen atoms in total. The molecule has 7 heteroatoms. The van der Waals surface area contributed by atoms with Crippen molar-refractivity contribution >= 4 is 22.7 Å². The van der Waals surface area contributed by atoms with E-state index in [0.29, 0.717) is 5.56 Å². The maximum Gasteiger partial charge on any atom is 0.412 e. The van der Waals surface area contributed by atoms with Crippen LogP contribution in [0.15, 0.2) is 51.7 Å². The van der Waals surface area contributed by atoms with E-state index in [1.54, 1.807) is 31.2 Å². The quantitative estimate of drug-likeness (QED) is 0.631. The lowest BCUT2D eigenvalue weighted by Gasteiger charge is -2.10. The molecule has 1 aromatic heterocycles. The summed E-state index contributed by atoms with van der Waals surface area (Å²) in [6.45, 7) is 1.56. The van der Waals surface area contributed by atoms with E-state index in [-0.39, 0.29) is 23.3 Å². The van der Waals surface area contributed by atoms with Gasteiger partial charge in [-0.25, -0.2) is 9.59 Å². The van der Waals surface area contributed by atoms with E-state index in [1.165, 1.54) is 12.1 Å². The van der Waals surface area contributed by atoms with Gasteiger partial charge in [0.05, 0.1) is 5.39 Å². The van der Waals surface area contributed by atoms with Gasteiger partial charge in [-0.2, -0.15) is 0 Å². The van der Waals surface area contributed by atoms with Crippen molar-refractivity contribution in [2.45, 2.75) is 13.5 Å². The molecule has 1 amide bonds. The lowest BCUT2D eigenvalue weighted by Crippen LogP contribution is -2.19. The van der Waals surface area contributed by atoms with Crippen LogP contribution in [-0.4, -0.2) is 16.3 Å². The first-order chi connectivity index (χ1) is 12.0. The maximum atomic E-state index is 12.0. The molecular weight excluding hydrogens is 326 g/mol. The molecule has 0 radical (unpaired) electrons. The Morgan fingerprint density at radius 2 is 1.88 bits per heavy atom. The number of ether oxygens (including phenoxy) is 1. The smallest absolute Gasteiger partial charge is 0.412 e. The third kappa shape index (κ3) is 3.25. The van der Waals surface area contributed by atoms with Crippen LogP contribution in [0.2, 0.25) is 0 Å². The molecule has 0 fully saturated rings. The zero-order chi connectivity index (χ0) is 18.0. The Labute approximate surface area is 142 Å². The van der Waals surface area contributed by atoms with Crippen molar-refractivity contribution in [1.29, 1.82) is 0 Å². The second kappa shape index (κ2) is 6.56. The summed E-state index contributed by atoms with van der Waals surface area (Å²) in [6.07, 6.45) is -0.902. The van der Waals surface area contributed by atoms with Crippen LogP contribution < -0.4 is 10.9 Å². The summed E-state index contributed by atoms with van der Waals surface area (Å²) in [5.41, 5.74) is -0.238. The molecule has 3 N–H and O–H groups in total. The number of phenolic OH excluding ortho intramolecular Hbond substituents is 1. The fourth-order valence-electron chi connectivity index (χ4n) is 2.35. The van der Waals surface area contributed by atoms with Crippen LogP contribution in [0.1, 0.15) is 11.1 Å². The third-order valence-corrected chi connectivity index (χ3v) is 3.71. The summed E-state index contributed by atoms with van der Waals surface area (Å²) in [7, 11) is 0. The number of anilines is 1. The molecule has 1 heterocycles. The lowest BCUT2D eigenvalue weighted by atomic mass is 10.1. The summed E-state index contributed by atoms with van der Waals surface area (Å²) in [6, 6.07) is 11.7. The highest BCUT2D eigenvalue weighted by atomic mass is 16.5. The van der Waals surface area contributed by atoms with Crippen LogP contribution in [0, 0.1) is 6.92 Å². The van der Waals surface area contributed by atoms with Crippen molar-refractivity contribution in [1.82, 2.24) is 0 Å². The highest BCUT2D eigenvalue weighted by Gasteiger charge is 2.19. The highest BCUT2D eigenvalue weighted by molar-refractivity contribution is 5.95. The van der Waals surface area contributed by atoms with Gasteiger partial charge in [-0.3, -0.25) is 5.32 Å². The summed E-state index contributed by atoms with van der Waals surface area (Å²) < 4.78 is 10.1. The molecule has 128 valence electrons. The van der Waals surface area contributed by atoms with Gasteiger partial charge in [-0.05, 0) is 24.6 Å². The number of amides is 1. The molecule has 0 saturated heterocycles. The fourth-order valence-corrected chi connectivity index (χ4v) is 2.35. The molecule has 0 spiro atoms. The van der Waals surface area contributed by atoms with Gasteiger partial charge in [-0.1, -0.05) is 30.3 Å². The van der Waals surface area contributed by atoms with Gasteiger partial charge in [0.1, 0.15) is 17.9 Å². The van der Waals surface area contributed by atoms with Gasteiger partial charge in [0, 0.05) is 5.56 Å². The third-order valence-electron chi connectivity index (χ3n) is 3.71. The van der Waals surface area contributed by atoms with E-state index in [1.807, 2.05) is 6.07 Å². The SMILES string of the molecule is Cc1c(O)ccc2c(O)c(NC(=O)OCc3ccccc3)c(=O)oc12. The predicted molar refractivity (Wildman–Crippen MR) is 90.8 cm³/mol. The zero-order valence-corrected chi connectivity index (χ0v) is 13.3. The number of nitrogens with one attached hydrogen (secondary N) is 1. The highest BCUT2D eigenvalue weighted by Crippen LogP contribution is 2.34. The molecule has 25 heavy (non-hydrogen) atoms. The van der Waals surface area contributed by atoms with Gasteiger partial charge in [0.2, 0.25) is 0 Å². The normalized spacial score (nSPS) is 10.6. The molecule has 0 aliphatic carbocycles. The number of hydrogen-bond donors (Lipinski definition) is 3. The van der Waals surface area contributed by atoms with Crippen LogP contribution in [0.25, 0.3) is 11.0 Å². The lowest BCUT2D eigenvalue weighted by molar-refractivity contribution is 0.155. The van der Waals surface area contributed by atoms with Crippen LogP contribution in [0.3, 0.4) is 0 Å². The van der Waals surface area contributed by atoms with Gasteiger partial charge < -0.3 is 19.4 Å². The number of phenols is 1. The average Bonchev–Trinajstić information content (AvgIpc) is 2.61. The van der Waals surface area contributed by atoms with E-state index >= 15 is 0 Å². The maximum absolute atomic E-state index is 12.0. The predicted octanol–water partition coefficient (Wildman–Crippen LogP) is 3.26. The van der Waals surface area contributed by atoms with Crippen LogP contribution in [0.4, 0.5) is 10.5 Å². The average molecular weight is 341 g/mol. The largest absolute Gasteiger partial charge is 0.508 e. The summed E-state index contributed by atoms with van der Waals surface area (Å²) in [5.74, 6) is -0.524. The Bertz CT molecular complexity index is 994. The van der Waals surface area contributed by atoms with Crippen LogP contribution >= 0.6 is 0 Å². The molecule has 0 unspecified atom stereocenters. The van der Waals surface area contributed by atoms with Gasteiger partial charge in [-0.15, -0.1) is 0 Å². The molecule has 0 saturated carbocycles. The molecule has 3 aromatic rings. The van der Waals surface area contributed by atoms with Gasteiger partial charge in [0.25, 0.3) is 0 Å². The number of benzene rings is 2. The van der Waals surface area contributed by atoms with Crippen molar-refractivity contribution < 1.29 is 24.2 Å². The Balaban J connectivity index is 1.85. The molecule has 0 bridgehead atoms. The number of aromatic hydroxyl groups is 2. The first kappa shape index (κ1) is 16.4. The molecule has 3 rings (SSSR count). The minimum Gasteiger partial charge on any atom is -0.508 e. The monoisotopic (exact) mass is 341 g/mol. The minimum absolute atomic E-state index is 0.0132. The number of aryl methyl sites for hydroxylation is 1. The molecular formula is C18H15NO6. The van der Waals surface area contributed by atoms with Crippen LogP contribution in [0.5, 0.6) is 11.5 Å². The van der Waals surface area contributed by atoms with Crippen molar-refractivity contribution in [2.24, 2.45) is 0 Å². The van der Waals surface area contributed by atoms with Gasteiger partial charge >= 0.3 is 11.7 Å². The fraction of sp³-hybridized carbons (Fsp3) is 0.111. The topological polar surface area (TPSA) is 109 Å². The summed E-state index contributed by atoms with van der Waals surface area (Å²) in [5, 5.41) is 22.3. The number of rotatable bonds is 3. The van der Waals surface area contributed by atoms with E-state index < -0.39 is 23.2 Å². The Morgan fingerprint density at radius 3 is 2.60 bits per heavy atom. The summed E-state index contributed by atoms with van der Waals surface area (Å²) in [4.78, 5) is 23.9. The summed E-state index contributed by atoms with van der Waals surface area (Å²) >= 11 is 0. The van der Waals surface area contributed by atoms with Crippen molar-refractivity contribution in [3.05, 3.63) is 64.0 Å². The second-order valence-corrected chi connectivity index (χ2v) is 5.39. The first-order valence-electron chi connectivity index (χ1n) is 7.43. The first-order valence-corrected chi connectivity index (χ1v) is 7.43. The number of carbonyl (C=O) groups excluding carboxylic acids is 1. The van der Waals surface area contributed by atoms with E-state index in [0.717, 1.165) is 5.56 Å². The standard InChI is InChI=1S/C18H15NO6/c1-10-13(20)8-7-12-15(21)14(17(22)25-16(10)12)19-18(23)24-9-11-5-3-2-4-6-11/h2-8,20-21H,9H2,1H3,(H,19,23). The van der Waals surface area contributed by atoms with E-state index in [9.17, 15) is 19.8 Å². The van der Waals surface area contributed by atoms with Crippen molar-refractivity contribution in [2.75, 3.05) is 5.32 Å². The Kier molecular flexibility index (Phi) is 4.30. The second-order valence-electron chi connectivity index (χ2n) is 5.39. The number of fused-ring (bicyclic) bond motifs is 1. The Morgan fingerprint density at radius 1 is 1.16 bits per heavy atom. The molecule has 0 aliphatic heterocycles. The molecule has 0 atom stereocenters. The van der Waals surface area contributed by atoms with Crippen LogP contribution in [-0.2, 0) is 11.3 Å². The van der Waals surface area contributed by atoms with Gasteiger partial charge in [0.15, 0.2) is 11.4 Å². The van der Waals surface area contributed by atoms with E-state index in [4.69, 9.17) is 9.15 Å². The van der Waals surface area contributed by atoms with E-state index in [2.05, 4.69) is 5.32 Å². The van der Waals surface area contributed by atoms with Crippen molar-refractivity contribution in [3.8, 4) is 11.5 Å². The zero-order valence-electron chi connectivity index (χ0n) is 13.3. The minimum atomic E-state index is -0.949. The Hall–Kier alpha value is -3.48. The molecule has 0 aliphatic rings. The molecule has 2 aromatic carbocycles.